The monoisotopic (exact) mass is 324 g/mol. The average Bonchev–Trinajstić information content (AvgIpc) is 2.54. The highest BCUT2D eigenvalue weighted by molar-refractivity contribution is 6.31. The lowest BCUT2D eigenvalue weighted by molar-refractivity contribution is 0.0893. The van der Waals surface area contributed by atoms with Crippen LogP contribution in [0.3, 0.4) is 0 Å². The lowest BCUT2D eigenvalue weighted by atomic mass is 9.99. The highest BCUT2D eigenvalue weighted by atomic mass is 35.5. The van der Waals surface area contributed by atoms with E-state index in [0.29, 0.717) is 10.6 Å². The maximum atomic E-state index is 12.3. The first-order valence-electron chi connectivity index (χ1n) is 7.08. The van der Waals surface area contributed by atoms with Gasteiger partial charge in [0.25, 0.3) is 0 Å². The number of hydrogen-bond acceptors (Lipinski definition) is 3. The van der Waals surface area contributed by atoms with Crippen LogP contribution in [0.4, 0.5) is 0 Å². The molecule has 0 saturated heterocycles. The molecule has 0 aliphatic heterocycles. The number of carbonyl (C=O) groups excluding carboxylic acids is 2. The zero-order chi connectivity index (χ0) is 16.4. The fourth-order valence-electron chi connectivity index (χ4n) is 2.45. The van der Waals surface area contributed by atoms with Crippen molar-refractivity contribution in [2.75, 3.05) is 0 Å². The molecule has 0 aromatic heterocycles. The maximum absolute atomic E-state index is 12.3. The molecule has 0 aliphatic carbocycles. The predicted octanol–water partition coefficient (Wildman–Crippen LogP) is 4.65. The summed E-state index contributed by atoms with van der Waals surface area (Å²) >= 11 is 5.74. The molecule has 3 aromatic carbocycles. The number of aromatic hydroxyl groups is 1. The van der Waals surface area contributed by atoms with Crippen molar-refractivity contribution in [2.24, 2.45) is 0 Å². The summed E-state index contributed by atoms with van der Waals surface area (Å²) in [6.07, 6.45) is -0.298. The molecule has 0 saturated carbocycles. The zero-order valence-corrected chi connectivity index (χ0v) is 12.9. The van der Waals surface area contributed by atoms with Crippen LogP contribution in [0.25, 0.3) is 10.8 Å². The molecule has 3 rings (SSSR count). The van der Waals surface area contributed by atoms with Gasteiger partial charge in [0.15, 0.2) is 11.6 Å². The molecule has 0 aliphatic rings. The van der Waals surface area contributed by atoms with Crippen molar-refractivity contribution in [3.63, 3.8) is 0 Å². The van der Waals surface area contributed by atoms with Crippen molar-refractivity contribution in [3.05, 3.63) is 76.8 Å². The quantitative estimate of drug-likeness (QED) is 0.561. The van der Waals surface area contributed by atoms with Crippen molar-refractivity contribution in [3.8, 4) is 5.75 Å². The van der Waals surface area contributed by atoms with E-state index in [1.807, 2.05) is 30.3 Å². The summed E-state index contributed by atoms with van der Waals surface area (Å²) in [4.78, 5) is 24.5. The minimum absolute atomic E-state index is 0.100. The van der Waals surface area contributed by atoms with E-state index in [4.69, 9.17) is 11.6 Å². The van der Waals surface area contributed by atoms with Crippen LogP contribution in [0, 0.1) is 0 Å². The van der Waals surface area contributed by atoms with Crippen LogP contribution in [-0.4, -0.2) is 16.7 Å². The number of Topliss-reactive ketones (excluding diaryl/α,β-unsaturated/α-hetero) is 2. The molecule has 114 valence electrons. The third-order valence-electron chi connectivity index (χ3n) is 3.65. The molecule has 0 spiro atoms. The molecule has 0 amide bonds. The van der Waals surface area contributed by atoms with Gasteiger partial charge < -0.3 is 5.11 Å². The second kappa shape index (κ2) is 6.23. The highest BCUT2D eigenvalue weighted by Crippen LogP contribution is 2.24. The fraction of sp³-hybridized carbons (Fsp3) is 0.0526. The van der Waals surface area contributed by atoms with Gasteiger partial charge in [-0.2, -0.15) is 0 Å². The Bertz CT molecular complexity index is 915. The number of rotatable bonds is 4. The second-order valence-electron chi connectivity index (χ2n) is 5.25. The Labute approximate surface area is 138 Å². The highest BCUT2D eigenvalue weighted by Gasteiger charge is 2.17. The van der Waals surface area contributed by atoms with Gasteiger partial charge in [-0.3, -0.25) is 9.59 Å². The van der Waals surface area contributed by atoms with Crippen molar-refractivity contribution in [1.29, 1.82) is 0 Å². The molecule has 3 nitrogen and oxygen atoms in total. The molecule has 0 radical (unpaired) electrons. The zero-order valence-electron chi connectivity index (χ0n) is 12.1. The molecule has 3 aromatic rings. The minimum atomic E-state index is -0.433. The van der Waals surface area contributed by atoms with Gasteiger partial charge >= 0.3 is 0 Å². The average molecular weight is 325 g/mol. The smallest absolute Gasteiger partial charge is 0.174 e. The molecule has 0 bridgehead atoms. The molecule has 0 heterocycles. The van der Waals surface area contributed by atoms with Crippen molar-refractivity contribution < 1.29 is 14.7 Å². The number of halogens is 1. The van der Waals surface area contributed by atoms with Crippen molar-refractivity contribution in [2.45, 2.75) is 6.42 Å². The normalized spacial score (nSPS) is 10.7. The number of ketones is 2. The number of fused-ring (bicyclic) bond motifs is 1. The minimum Gasteiger partial charge on any atom is -0.507 e. The second-order valence-corrected chi connectivity index (χ2v) is 5.68. The molecular weight excluding hydrogens is 312 g/mol. The van der Waals surface area contributed by atoms with Gasteiger partial charge in [-0.1, -0.05) is 48.0 Å². The van der Waals surface area contributed by atoms with Crippen molar-refractivity contribution >= 4 is 33.9 Å². The topological polar surface area (TPSA) is 54.4 Å². The number of phenolic OH excluding ortho intramolecular Hbond substituents is 1. The Morgan fingerprint density at radius 2 is 1.61 bits per heavy atom. The van der Waals surface area contributed by atoms with E-state index in [2.05, 4.69) is 0 Å². The lowest BCUT2D eigenvalue weighted by Gasteiger charge is -2.05. The largest absolute Gasteiger partial charge is 0.507 e. The Balaban J connectivity index is 1.83. The van der Waals surface area contributed by atoms with E-state index < -0.39 is 5.78 Å². The molecular formula is C19H13ClO3. The van der Waals surface area contributed by atoms with E-state index in [1.54, 1.807) is 12.1 Å². The van der Waals surface area contributed by atoms with Crippen molar-refractivity contribution in [1.82, 2.24) is 0 Å². The predicted molar refractivity (Wildman–Crippen MR) is 90.3 cm³/mol. The van der Waals surface area contributed by atoms with Gasteiger partial charge in [0.2, 0.25) is 0 Å². The fourth-order valence-corrected chi connectivity index (χ4v) is 2.61. The summed E-state index contributed by atoms with van der Waals surface area (Å²) < 4.78 is 0. The Morgan fingerprint density at radius 3 is 2.35 bits per heavy atom. The number of benzene rings is 3. The number of carbonyl (C=O) groups is 2. The summed E-state index contributed by atoms with van der Waals surface area (Å²) in [6, 6.07) is 17.3. The standard InChI is InChI=1S/C19H13ClO3/c20-15-7-8-16(18(22)10-15)19(23)11-17(21)14-6-5-12-3-1-2-4-13(12)9-14/h1-10,22H,11H2. The number of hydrogen-bond donors (Lipinski definition) is 1. The van der Waals surface area contributed by atoms with E-state index in [-0.39, 0.29) is 23.5 Å². The Morgan fingerprint density at radius 1 is 0.870 bits per heavy atom. The summed E-state index contributed by atoms with van der Waals surface area (Å²) in [5.74, 6) is -0.929. The summed E-state index contributed by atoms with van der Waals surface area (Å²) in [7, 11) is 0. The molecule has 0 fully saturated rings. The van der Waals surface area contributed by atoms with Gasteiger partial charge in [-0.05, 0) is 35.0 Å². The Hall–Kier alpha value is -2.65. The van der Waals surface area contributed by atoms with Crippen LogP contribution in [0.2, 0.25) is 5.02 Å². The van der Waals surface area contributed by atoms with Gasteiger partial charge in [0.05, 0.1) is 12.0 Å². The van der Waals surface area contributed by atoms with E-state index in [9.17, 15) is 14.7 Å². The van der Waals surface area contributed by atoms with Crippen LogP contribution in [0.15, 0.2) is 60.7 Å². The molecule has 23 heavy (non-hydrogen) atoms. The van der Waals surface area contributed by atoms with E-state index in [1.165, 1.54) is 18.2 Å². The Kier molecular flexibility index (Phi) is 4.13. The van der Waals surface area contributed by atoms with E-state index in [0.717, 1.165) is 10.8 Å². The van der Waals surface area contributed by atoms with Gasteiger partial charge in [-0.15, -0.1) is 0 Å². The SMILES string of the molecule is O=C(CC(=O)c1ccc(Cl)cc1O)c1ccc2ccccc2c1. The van der Waals surface area contributed by atoms with Crippen LogP contribution >= 0.6 is 11.6 Å². The van der Waals surface area contributed by atoms with Gasteiger partial charge in [-0.25, -0.2) is 0 Å². The number of phenols is 1. The first kappa shape index (κ1) is 15.3. The summed E-state index contributed by atoms with van der Waals surface area (Å²) in [6.45, 7) is 0. The lowest BCUT2D eigenvalue weighted by Crippen LogP contribution is -2.08. The molecule has 4 heteroatoms. The third kappa shape index (κ3) is 3.25. The first-order valence-corrected chi connectivity index (χ1v) is 7.46. The summed E-state index contributed by atoms with van der Waals surface area (Å²) in [5, 5.41) is 12.1. The molecule has 0 unspecified atom stereocenters. The first-order chi connectivity index (χ1) is 11.0. The van der Waals surface area contributed by atoms with Crippen LogP contribution in [0.5, 0.6) is 5.75 Å². The maximum Gasteiger partial charge on any atom is 0.174 e. The van der Waals surface area contributed by atoms with Gasteiger partial charge in [0.1, 0.15) is 5.75 Å². The molecule has 0 atom stereocenters. The van der Waals surface area contributed by atoms with Crippen LogP contribution in [0.1, 0.15) is 27.1 Å². The summed E-state index contributed by atoms with van der Waals surface area (Å²) in [5.41, 5.74) is 0.578. The third-order valence-corrected chi connectivity index (χ3v) is 3.89. The van der Waals surface area contributed by atoms with Crippen LogP contribution < -0.4 is 0 Å². The van der Waals surface area contributed by atoms with E-state index >= 15 is 0 Å². The molecule has 1 N–H and O–H groups in total. The van der Waals surface area contributed by atoms with Crippen LogP contribution in [-0.2, 0) is 0 Å². The van der Waals surface area contributed by atoms with Gasteiger partial charge in [0, 0.05) is 10.6 Å².